The zero-order valence-electron chi connectivity index (χ0n) is 7.95. The topological polar surface area (TPSA) is 61.3 Å². The van der Waals surface area contributed by atoms with E-state index >= 15 is 0 Å². The zero-order valence-corrected chi connectivity index (χ0v) is 7.95. The Bertz CT molecular complexity index is 235. The Morgan fingerprint density at radius 2 is 2.38 bits per heavy atom. The van der Waals surface area contributed by atoms with Crippen molar-refractivity contribution >= 4 is 0 Å². The second kappa shape index (κ2) is 5.72. The van der Waals surface area contributed by atoms with Crippen molar-refractivity contribution in [3.8, 4) is 0 Å². The van der Waals surface area contributed by atoms with E-state index in [9.17, 15) is 0 Å². The second-order valence-electron chi connectivity index (χ2n) is 2.86. The van der Waals surface area contributed by atoms with Crippen LogP contribution >= 0.6 is 0 Å². The van der Waals surface area contributed by atoms with Gasteiger partial charge in [0.25, 0.3) is 0 Å². The molecule has 0 aliphatic rings. The monoisotopic (exact) mass is 184 g/mol. The standard InChI is InChI=1S/C9H16N2O2/c1-12-6-2-3-8-7-11-9(13-8)4-5-10/h7H,2-6,10H2,1H3. The minimum absolute atomic E-state index is 0.581. The molecule has 4 nitrogen and oxygen atoms in total. The lowest BCUT2D eigenvalue weighted by Crippen LogP contribution is -2.02. The van der Waals surface area contributed by atoms with Gasteiger partial charge in [0.1, 0.15) is 5.76 Å². The van der Waals surface area contributed by atoms with E-state index in [1.54, 1.807) is 13.3 Å². The number of nitrogens with two attached hydrogens (primary N) is 1. The maximum Gasteiger partial charge on any atom is 0.195 e. The number of aromatic nitrogens is 1. The number of hydrogen-bond donors (Lipinski definition) is 1. The van der Waals surface area contributed by atoms with Gasteiger partial charge in [0, 0.05) is 33.1 Å². The summed E-state index contributed by atoms with van der Waals surface area (Å²) < 4.78 is 10.4. The molecule has 74 valence electrons. The van der Waals surface area contributed by atoms with Gasteiger partial charge in [-0.05, 0) is 6.42 Å². The summed E-state index contributed by atoms with van der Waals surface area (Å²) in [6, 6.07) is 0. The van der Waals surface area contributed by atoms with Gasteiger partial charge >= 0.3 is 0 Å². The van der Waals surface area contributed by atoms with Crippen LogP contribution in [0, 0.1) is 0 Å². The summed E-state index contributed by atoms with van der Waals surface area (Å²) in [5, 5.41) is 0. The molecule has 0 bridgehead atoms. The van der Waals surface area contributed by atoms with Gasteiger partial charge in [0.05, 0.1) is 6.20 Å². The molecule has 0 aromatic carbocycles. The molecular formula is C9H16N2O2. The van der Waals surface area contributed by atoms with Crippen molar-refractivity contribution in [3.63, 3.8) is 0 Å². The van der Waals surface area contributed by atoms with Crippen molar-refractivity contribution in [2.75, 3.05) is 20.3 Å². The molecule has 1 heterocycles. The van der Waals surface area contributed by atoms with Crippen LogP contribution in [0.25, 0.3) is 0 Å². The van der Waals surface area contributed by atoms with Crippen LogP contribution in [0.1, 0.15) is 18.1 Å². The average molecular weight is 184 g/mol. The number of rotatable bonds is 6. The fourth-order valence-electron chi connectivity index (χ4n) is 1.09. The van der Waals surface area contributed by atoms with Crippen molar-refractivity contribution in [2.45, 2.75) is 19.3 Å². The molecule has 0 unspecified atom stereocenters. The van der Waals surface area contributed by atoms with Crippen LogP contribution < -0.4 is 5.73 Å². The number of methoxy groups -OCH3 is 1. The second-order valence-corrected chi connectivity index (χ2v) is 2.86. The Morgan fingerprint density at radius 3 is 3.08 bits per heavy atom. The van der Waals surface area contributed by atoms with E-state index in [1.165, 1.54) is 0 Å². The predicted molar refractivity (Wildman–Crippen MR) is 49.5 cm³/mol. The number of aryl methyl sites for hydroxylation is 1. The third-order valence-corrected chi connectivity index (χ3v) is 1.73. The largest absolute Gasteiger partial charge is 0.446 e. The lowest BCUT2D eigenvalue weighted by Gasteiger charge is -1.95. The third-order valence-electron chi connectivity index (χ3n) is 1.73. The van der Waals surface area contributed by atoms with Gasteiger partial charge < -0.3 is 14.9 Å². The SMILES string of the molecule is COCCCc1cnc(CCN)o1. The van der Waals surface area contributed by atoms with Crippen molar-refractivity contribution in [1.29, 1.82) is 0 Å². The van der Waals surface area contributed by atoms with E-state index < -0.39 is 0 Å². The van der Waals surface area contributed by atoms with E-state index in [4.69, 9.17) is 14.9 Å². The maximum atomic E-state index is 5.42. The molecule has 1 rings (SSSR count). The van der Waals surface area contributed by atoms with Crippen LogP contribution in [0.5, 0.6) is 0 Å². The molecule has 0 aliphatic carbocycles. The Balaban J connectivity index is 2.31. The molecule has 0 atom stereocenters. The van der Waals surface area contributed by atoms with Crippen molar-refractivity contribution in [1.82, 2.24) is 4.98 Å². The molecule has 4 heteroatoms. The minimum atomic E-state index is 0.581. The Kier molecular flexibility index (Phi) is 4.49. The predicted octanol–water partition coefficient (Wildman–Crippen LogP) is 0.755. The average Bonchev–Trinajstić information content (AvgIpc) is 2.54. The fraction of sp³-hybridized carbons (Fsp3) is 0.667. The van der Waals surface area contributed by atoms with Gasteiger partial charge in [-0.15, -0.1) is 0 Å². The number of ether oxygens (including phenoxy) is 1. The molecule has 0 saturated heterocycles. The first kappa shape index (κ1) is 10.2. The summed E-state index contributed by atoms with van der Waals surface area (Å²) in [5.41, 5.74) is 5.37. The van der Waals surface area contributed by atoms with Crippen LogP contribution in [0.3, 0.4) is 0 Å². The van der Waals surface area contributed by atoms with E-state index in [0.717, 1.165) is 31.1 Å². The zero-order chi connectivity index (χ0) is 9.52. The van der Waals surface area contributed by atoms with Crippen molar-refractivity contribution in [2.24, 2.45) is 5.73 Å². The number of nitrogens with zero attached hydrogens (tertiary/aromatic N) is 1. The van der Waals surface area contributed by atoms with Gasteiger partial charge in [0.2, 0.25) is 0 Å². The van der Waals surface area contributed by atoms with Crippen LogP contribution in [0.2, 0.25) is 0 Å². The third kappa shape index (κ3) is 3.57. The first-order valence-corrected chi connectivity index (χ1v) is 4.49. The first-order chi connectivity index (χ1) is 6.36. The summed E-state index contributed by atoms with van der Waals surface area (Å²) in [6.45, 7) is 1.34. The molecule has 0 amide bonds. The van der Waals surface area contributed by atoms with Crippen LogP contribution in [0.15, 0.2) is 10.6 Å². The fourth-order valence-corrected chi connectivity index (χ4v) is 1.09. The highest BCUT2D eigenvalue weighted by atomic mass is 16.5. The molecule has 0 fully saturated rings. The minimum Gasteiger partial charge on any atom is -0.446 e. The molecule has 0 saturated carbocycles. The van der Waals surface area contributed by atoms with E-state index in [-0.39, 0.29) is 0 Å². The van der Waals surface area contributed by atoms with Crippen molar-refractivity contribution < 1.29 is 9.15 Å². The van der Waals surface area contributed by atoms with E-state index in [0.29, 0.717) is 13.0 Å². The maximum absolute atomic E-state index is 5.42. The highest BCUT2D eigenvalue weighted by Gasteiger charge is 2.01. The Labute approximate surface area is 78.1 Å². The van der Waals surface area contributed by atoms with E-state index in [1.807, 2.05) is 0 Å². The lowest BCUT2D eigenvalue weighted by molar-refractivity contribution is 0.193. The number of oxazole rings is 1. The summed E-state index contributed by atoms with van der Waals surface area (Å²) in [7, 11) is 1.69. The smallest absolute Gasteiger partial charge is 0.195 e. The highest BCUT2D eigenvalue weighted by molar-refractivity contribution is 4.94. The summed E-state index contributed by atoms with van der Waals surface area (Å²) in [6.07, 6.45) is 4.32. The molecular weight excluding hydrogens is 168 g/mol. The molecule has 1 aromatic rings. The molecule has 2 N–H and O–H groups in total. The first-order valence-electron chi connectivity index (χ1n) is 4.49. The van der Waals surface area contributed by atoms with Crippen LogP contribution in [0.4, 0.5) is 0 Å². The highest BCUT2D eigenvalue weighted by Crippen LogP contribution is 2.06. The van der Waals surface area contributed by atoms with Gasteiger partial charge in [-0.1, -0.05) is 0 Å². The van der Waals surface area contributed by atoms with E-state index in [2.05, 4.69) is 4.98 Å². The molecule has 13 heavy (non-hydrogen) atoms. The number of hydrogen-bond acceptors (Lipinski definition) is 4. The van der Waals surface area contributed by atoms with Gasteiger partial charge in [0.15, 0.2) is 5.89 Å². The van der Waals surface area contributed by atoms with Crippen LogP contribution in [-0.4, -0.2) is 25.2 Å². The molecule has 1 aromatic heterocycles. The van der Waals surface area contributed by atoms with Gasteiger partial charge in [-0.3, -0.25) is 0 Å². The molecule has 0 radical (unpaired) electrons. The van der Waals surface area contributed by atoms with Gasteiger partial charge in [-0.25, -0.2) is 4.98 Å². The summed E-state index contributed by atoms with van der Waals surface area (Å²) in [4.78, 5) is 4.10. The summed E-state index contributed by atoms with van der Waals surface area (Å²) in [5.74, 6) is 1.65. The molecule has 0 spiro atoms. The Hall–Kier alpha value is -0.870. The van der Waals surface area contributed by atoms with Crippen molar-refractivity contribution in [3.05, 3.63) is 17.8 Å². The quantitative estimate of drug-likeness (QED) is 0.663. The lowest BCUT2D eigenvalue weighted by atomic mass is 10.3. The van der Waals surface area contributed by atoms with Crippen LogP contribution in [-0.2, 0) is 17.6 Å². The van der Waals surface area contributed by atoms with Gasteiger partial charge in [-0.2, -0.15) is 0 Å². The normalized spacial score (nSPS) is 10.6. The molecule has 0 aliphatic heterocycles. The summed E-state index contributed by atoms with van der Waals surface area (Å²) >= 11 is 0. The Morgan fingerprint density at radius 1 is 1.54 bits per heavy atom.